The zero-order valence-corrected chi connectivity index (χ0v) is 12.4. The largest absolute Gasteiger partial charge is 0.481 e. The van der Waals surface area contributed by atoms with Crippen LogP contribution < -0.4 is 4.74 Å². The minimum absolute atomic E-state index is 0.263. The molecule has 5 heteroatoms. The van der Waals surface area contributed by atoms with Gasteiger partial charge in [-0.25, -0.2) is 4.98 Å². The van der Waals surface area contributed by atoms with Crippen LogP contribution in [0.25, 0.3) is 0 Å². The lowest BCUT2D eigenvalue weighted by molar-refractivity contribution is -0.0681. The molecular weight excluding hydrogens is 296 g/mol. The summed E-state index contributed by atoms with van der Waals surface area (Å²) in [7, 11) is 1.64. The highest BCUT2D eigenvalue weighted by Gasteiger charge is 2.24. The number of hydrogen-bond acceptors (Lipinski definition) is 4. The Kier molecular flexibility index (Phi) is 4.97. The van der Waals surface area contributed by atoms with Gasteiger partial charge in [0.2, 0.25) is 5.88 Å². The van der Waals surface area contributed by atoms with E-state index in [9.17, 15) is 0 Å². The molecule has 2 heterocycles. The van der Waals surface area contributed by atoms with Gasteiger partial charge in [0.05, 0.1) is 25.0 Å². The zero-order chi connectivity index (χ0) is 13.0. The molecule has 0 aliphatic carbocycles. The molecule has 0 saturated carbocycles. The fourth-order valence-electron chi connectivity index (χ4n) is 2.24. The van der Waals surface area contributed by atoms with Crippen LogP contribution in [0.2, 0.25) is 0 Å². The maximum absolute atomic E-state index is 5.81. The number of pyridine rings is 1. The SMILES string of the molecule is COc1cccc(CN2CC(C)OC(CBr)C2)n1. The first-order valence-electron chi connectivity index (χ1n) is 6.15. The number of ether oxygens (including phenoxy) is 2. The number of morpholine rings is 1. The van der Waals surface area contributed by atoms with Crippen molar-refractivity contribution in [3.8, 4) is 5.88 Å². The Labute approximate surface area is 116 Å². The number of halogens is 1. The van der Waals surface area contributed by atoms with Gasteiger partial charge in [0.1, 0.15) is 0 Å². The van der Waals surface area contributed by atoms with Crippen molar-refractivity contribution < 1.29 is 9.47 Å². The maximum Gasteiger partial charge on any atom is 0.213 e. The van der Waals surface area contributed by atoms with E-state index in [0.717, 1.165) is 30.7 Å². The van der Waals surface area contributed by atoms with Gasteiger partial charge in [-0.05, 0) is 13.0 Å². The summed E-state index contributed by atoms with van der Waals surface area (Å²) >= 11 is 3.49. The molecule has 1 aromatic rings. The minimum Gasteiger partial charge on any atom is -0.481 e. The number of nitrogens with zero attached hydrogens (tertiary/aromatic N) is 2. The van der Waals surface area contributed by atoms with E-state index < -0.39 is 0 Å². The molecule has 0 bridgehead atoms. The van der Waals surface area contributed by atoms with Crippen molar-refractivity contribution in [1.29, 1.82) is 0 Å². The van der Waals surface area contributed by atoms with Crippen molar-refractivity contribution in [1.82, 2.24) is 9.88 Å². The Bertz CT molecular complexity index is 389. The highest BCUT2D eigenvalue weighted by atomic mass is 79.9. The van der Waals surface area contributed by atoms with E-state index in [1.54, 1.807) is 7.11 Å². The number of hydrogen-bond donors (Lipinski definition) is 0. The van der Waals surface area contributed by atoms with E-state index in [0.29, 0.717) is 5.88 Å². The smallest absolute Gasteiger partial charge is 0.213 e. The molecule has 0 amide bonds. The monoisotopic (exact) mass is 314 g/mol. The summed E-state index contributed by atoms with van der Waals surface area (Å²) in [6, 6.07) is 5.88. The summed E-state index contributed by atoms with van der Waals surface area (Å²) in [6.07, 6.45) is 0.534. The predicted molar refractivity (Wildman–Crippen MR) is 74.2 cm³/mol. The third-order valence-electron chi connectivity index (χ3n) is 2.95. The van der Waals surface area contributed by atoms with Gasteiger partial charge in [-0.1, -0.05) is 22.0 Å². The normalized spacial score (nSPS) is 25.1. The molecule has 100 valence electrons. The molecule has 2 unspecified atom stereocenters. The first-order chi connectivity index (χ1) is 8.71. The molecule has 1 aliphatic heterocycles. The van der Waals surface area contributed by atoms with Gasteiger partial charge in [-0.2, -0.15) is 0 Å². The van der Waals surface area contributed by atoms with Crippen LogP contribution in [0.1, 0.15) is 12.6 Å². The lowest BCUT2D eigenvalue weighted by atomic mass is 10.2. The van der Waals surface area contributed by atoms with Gasteiger partial charge in [0.15, 0.2) is 0 Å². The first kappa shape index (κ1) is 13.8. The molecule has 0 spiro atoms. The second-order valence-electron chi connectivity index (χ2n) is 4.59. The molecule has 1 saturated heterocycles. The van der Waals surface area contributed by atoms with E-state index in [1.165, 1.54) is 0 Å². The van der Waals surface area contributed by atoms with Crippen LogP contribution in [-0.2, 0) is 11.3 Å². The minimum atomic E-state index is 0.263. The van der Waals surface area contributed by atoms with Crippen LogP contribution in [0, 0.1) is 0 Å². The van der Waals surface area contributed by atoms with Crippen molar-refractivity contribution in [2.75, 3.05) is 25.5 Å². The van der Waals surface area contributed by atoms with Gasteiger partial charge >= 0.3 is 0 Å². The highest BCUT2D eigenvalue weighted by molar-refractivity contribution is 9.09. The molecule has 18 heavy (non-hydrogen) atoms. The third-order valence-corrected chi connectivity index (χ3v) is 3.67. The third kappa shape index (κ3) is 3.67. The van der Waals surface area contributed by atoms with Crippen molar-refractivity contribution in [3.05, 3.63) is 23.9 Å². The van der Waals surface area contributed by atoms with E-state index in [4.69, 9.17) is 9.47 Å². The summed E-state index contributed by atoms with van der Waals surface area (Å²) in [5.74, 6) is 0.672. The summed E-state index contributed by atoms with van der Waals surface area (Å²) in [5.41, 5.74) is 1.04. The summed E-state index contributed by atoms with van der Waals surface area (Å²) in [4.78, 5) is 6.82. The van der Waals surface area contributed by atoms with Gasteiger partial charge in [0.25, 0.3) is 0 Å². The van der Waals surface area contributed by atoms with Gasteiger partial charge in [0, 0.05) is 31.0 Å². The number of alkyl halides is 1. The van der Waals surface area contributed by atoms with Crippen LogP contribution in [0.15, 0.2) is 18.2 Å². The summed E-state index contributed by atoms with van der Waals surface area (Å²) < 4.78 is 11.0. The van der Waals surface area contributed by atoms with Gasteiger partial charge in [-0.3, -0.25) is 4.90 Å². The van der Waals surface area contributed by atoms with Crippen molar-refractivity contribution in [2.24, 2.45) is 0 Å². The Morgan fingerprint density at radius 3 is 3.06 bits per heavy atom. The molecule has 0 radical (unpaired) electrons. The second kappa shape index (κ2) is 6.50. The van der Waals surface area contributed by atoms with Gasteiger partial charge < -0.3 is 9.47 Å². The zero-order valence-electron chi connectivity index (χ0n) is 10.8. The molecule has 1 aromatic heterocycles. The fraction of sp³-hybridized carbons (Fsp3) is 0.615. The van der Waals surface area contributed by atoms with Crippen LogP contribution in [-0.4, -0.2) is 47.6 Å². The average Bonchev–Trinajstić information content (AvgIpc) is 2.38. The lowest BCUT2D eigenvalue weighted by Crippen LogP contribution is -2.46. The van der Waals surface area contributed by atoms with Crippen molar-refractivity contribution >= 4 is 15.9 Å². The molecule has 0 aromatic carbocycles. The summed E-state index contributed by atoms with van der Waals surface area (Å²) in [5, 5.41) is 0.874. The Hall–Kier alpha value is -0.650. The van der Waals surface area contributed by atoms with E-state index in [-0.39, 0.29) is 12.2 Å². The Morgan fingerprint density at radius 1 is 1.50 bits per heavy atom. The standard InChI is InChI=1S/C13H19BrN2O2/c1-10-7-16(9-12(6-14)18-10)8-11-4-3-5-13(15-11)17-2/h3-5,10,12H,6-9H2,1-2H3. The number of aromatic nitrogens is 1. The van der Waals surface area contributed by atoms with Gasteiger partial charge in [-0.15, -0.1) is 0 Å². The fourth-order valence-corrected chi connectivity index (χ4v) is 2.60. The molecule has 2 atom stereocenters. The van der Waals surface area contributed by atoms with Crippen LogP contribution >= 0.6 is 15.9 Å². The Morgan fingerprint density at radius 2 is 2.33 bits per heavy atom. The molecule has 4 nitrogen and oxygen atoms in total. The molecule has 0 N–H and O–H groups in total. The van der Waals surface area contributed by atoms with Crippen LogP contribution in [0.5, 0.6) is 5.88 Å². The Balaban J connectivity index is 1.99. The van der Waals surface area contributed by atoms with E-state index in [1.807, 2.05) is 18.2 Å². The topological polar surface area (TPSA) is 34.6 Å². The predicted octanol–water partition coefficient (Wildman–Crippen LogP) is 2.07. The van der Waals surface area contributed by atoms with Crippen molar-refractivity contribution in [2.45, 2.75) is 25.7 Å². The van der Waals surface area contributed by atoms with Crippen molar-refractivity contribution in [3.63, 3.8) is 0 Å². The molecular formula is C13H19BrN2O2. The van der Waals surface area contributed by atoms with E-state index >= 15 is 0 Å². The molecule has 2 rings (SSSR count). The van der Waals surface area contributed by atoms with Crippen LogP contribution in [0.4, 0.5) is 0 Å². The maximum atomic E-state index is 5.81. The number of methoxy groups -OCH3 is 1. The van der Waals surface area contributed by atoms with Crippen LogP contribution in [0.3, 0.4) is 0 Å². The van der Waals surface area contributed by atoms with E-state index in [2.05, 4.69) is 32.7 Å². The summed E-state index contributed by atoms with van der Waals surface area (Å²) in [6.45, 7) is 4.84. The number of rotatable bonds is 4. The first-order valence-corrected chi connectivity index (χ1v) is 7.27. The second-order valence-corrected chi connectivity index (χ2v) is 5.24. The average molecular weight is 315 g/mol. The quantitative estimate of drug-likeness (QED) is 0.797. The molecule has 1 aliphatic rings. The lowest BCUT2D eigenvalue weighted by Gasteiger charge is -2.35. The molecule has 1 fully saturated rings. The highest BCUT2D eigenvalue weighted by Crippen LogP contribution is 2.16.